The lowest BCUT2D eigenvalue weighted by Crippen LogP contribution is -2.56. The van der Waals surface area contributed by atoms with Crippen LogP contribution < -0.4 is 21.7 Å². The molecule has 1 aliphatic heterocycles. The summed E-state index contributed by atoms with van der Waals surface area (Å²) in [6.45, 7) is 3.85. The smallest absolute Gasteiger partial charge is 0.371 e. The zero-order valence-corrected chi connectivity index (χ0v) is 20.0. The van der Waals surface area contributed by atoms with Gasteiger partial charge in [0.1, 0.15) is 18.5 Å². The number of nitrogens with two attached hydrogens (primary N) is 1. The maximum atomic E-state index is 13.8. The molecule has 1 heterocycles. The zero-order chi connectivity index (χ0) is 23.6. The van der Waals surface area contributed by atoms with Gasteiger partial charge < -0.3 is 15.2 Å². The standard InChI is InChI=1S/C24H32F3N4OP/c1-33(2,32)19-5-3-18(4-6-19)24(28)30-13-20(23(25,26)27)21(31-24)29-14-22-10-15-7-16(11-22)9-17(8-15)12-22/h3-6,13,15-17,29,31H,7-12,14,28H2,1-2H3. The molecule has 4 bridgehead atoms. The number of halogens is 3. The van der Waals surface area contributed by atoms with Crippen LogP contribution in [0.25, 0.3) is 0 Å². The van der Waals surface area contributed by atoms with Crippen molar-refractivity contribution in [1.82, 2.24) is 10.6 Å². The predicted octanol–water partition coefficient (Wildman–Crippen LogP) is 4.26. The van der Waals surface area contributed by atoms with Gasteiger partial charge >= 0.3 is 6.18 Å². The van der Waals surface area contributed by atoms with Crippen molar-refractivity contribution in [3.8, 4) is 0 Å². The van der Waals surface area contributed by atoms with Gasteiger partial charge in [0.15, 0.2) is 0 Å². The lowest BCUT2D eigenvalue weighted by molar-refractivity contribution is -0.0881. The minimum atomic E-state index is -4.55. The number of hydrogen-bond acceptors (Lipinski definition) is 5. The van der Waals surface area contributed by atoms with Gasteiger partial charge in [-0.05, 0) is 75.0 Å². The molecule has 5 aliphatic rings. The van der Waals surface area contributed by atoms with E-state index < -0.39 is 24.7 Å². The number of allylic oxidation sites excluding steroid dienone is 1. The zero-order valence-electron chi connectivity index (χ0n) is 19.1. The van der Waals surface area contributed by atoms with E-state index in [1.807, 2.05) is 0 Å². The van der Waals surface area contributed by atoms with Crippen molar-refractivity contribution in [3.05, 3.63) is 41.2 Å². The number of nitrogens with one attached hydrogen (secondary N) is 2. The normalized spacial score (nSPS) is 35.6. The fourth-order valence-corrected chi connectivity index (χ4v) is 7.75. The Labute approximate surface area is 192 Å². The van der Waals surface area contributed by atoms with E-state index >= 15 is 0 Å². The summed E-state index contributed by atoms with van der Waals surface area (Å²) in [7, 11) is -2.45. The van der Waals surface area contributed by atoms with Crippen molar-refractivity contribution in [3.63, 3.8) is 0 Å². The molecule has 0 amide bonds. The first kappa shape index (κ1) is 23.0. The van der Waals surface area contributed by atoms with E-state index in [2.05, 4.69) is 15.6 Å². The van der Waals surface area contributed by atoms with Crippen LogP contribution in [0, 0.1) is 23.2 Å². The van der Waals surface area contributed by atoms with Gasteiger partial charge in [0.25, 0.3) is 0 Å². The molecule has 4 aliphatic carbocycles. The van der Waals surface area contributed by atoms with Crippen LogP contribution in [0.15, 0.2) is 40.7 Å². The van der Waals surface area contributed by atoms with Crippen LogP contribution in [0.4, 0.5) is 13.2 Å². The minimum Gasteiger partial charge on any atom is -0.371 e. The maximum Gasteiger partial charge on any atom is 0.421 e. The molecule has 0 spiro atoms. The van der Waals surface area contributed by atoms with E-state index in [4.69, 9.17) is 5.73 Å². The van der Waals surface area contributed by atoms with Crippen molar-refractivity contribution >= 4 is 18.7 Å². The number of hydrogen-bond donors (Lipinski definition) is 3. The van der Waals surface area contributed by atoms with E-state index in [9.17, 15) is 17.7 Å². The van der Waals surface area contributed by atoms with Gasteiger partial charge in [-0.1, -0.05) is 24.3 Å². The molecular weight excluding hydrogens is 448 g/mol. The van der Waals surface area contributed by atoms with Gasteiger partial charge in [0, 0.05) is 23.6 Å². The van der Waals surface area contributed by atoms with Crippen LogP contribution in [0.1, 0.15) is 44.1 Å². The molecule has 0 saturated heterocycles. The molecule has 5 nitrogen and oxygen atoms in total. The molecule has 4 saturated carbocycles. The molecule has 1 aromatic carbocycles. The number of nitrogens with zero attached hydrogens (tertiary/aromatic N) is 1. The fourth-order valence-electron chi connectivity index (χ4n) is 6.88. The van der Waals surface area contributed by atoms with Gasteiger partial charge in [-0.2, -0.15) is 13.2 Å². The first-order valence-electron chi connectivity index (χ1n) is 11.7. The second kappa shape index (κ2) is 7.61. The summed E-state index contributed by atoms with van der Waals surface area (Å²) < 4.78 is 53.8. The number of rotatable bonds is 5. The van der Waals surface area contributed by atoms with Crippen LogP contribution in [0.5, 0.6) is 0 Å². The van der Waals surface area contributed by atoms with Crippen LogP contribution in [-0.4, -0.2) is 32.3 Å². The Kier molecular flexibility index (Phi) is 5.30. The Hall–Kier alpha value is -1.79. The molecule has 4 fully saturated rings. The summed E-state index contributed by atoms with van der Waals surface area (Å²) in [5, 5.41) is 6.66. The monoisotopic (exact) mass is 480 g/mol. The average molecular weight is 481 g/mol. The first-order valence-corrected chi connectivity index (χ1v) is 14.3. The minimum absolute atomic E-state index is 0.0665. The van der Waals surface area contributed by atoms with Crippen molar-refractivity contribution in [2.45, 2.75) is 50.5 Å². The van der Waals surface area contributed by atoms with Gasteiger partial charge in [-0.15, -0.1) is 0 Å². The molecule has 9 heteroatoms. The van der Waals surface area contributed by atoms with Crippen molar-refractivity contribution < 1.29 is 17.7 Å². The molecule has 1 atom stereocenters. The molecule has 1 aromatic rings. The molecule has 0 radical (unpaired) electrons. The van der Waals surface area contributed by atoms with Gasteiger partial charge in [0.2, 0.25) is 5.79 Å². The number of aliphatic imine (C=N–C) groups is 1. The molecule has 33 heavy (non-hydrogen) atoms. The molecular formula is C24H32F3N4OP. The SMILES string of the molecule is CP(C)(=O)c1ccc(C2(N)N=CC(C(F)(F)F)=C(NCC34CC5CC(CC(C5)C3)C4)N2)cc1. The topological polar surface area (TPSA) is 79.5 Å². The highest BCUT2D eigenvalue weighted by Crippen LogP contribution is 2.59. The third-order valence-electron chi connectivity index (χ3n) is 8.02. The van der Waals surface area contributed by atoms with Crippen LogP contribution in [0.3, 0.4) is 0 Å². The first-order chi connectivity index (χ1) is 15.4. The highest BCUT2D eigenvalue weighted by molar-refractivity contribution is 7.70. The highest BCUT2D eigenvalue weighted by Gasteiger charge is 2.51. The Bertz CT molecular complexity index is 1010. The summed E-state index contributed by atoms with van der Waals surface area (Å²) in [6, 6.07) is 6.75. The van der Waals surface area contributed by atoms with Gasteiger partial charge in [-0.25, -0.2) is 4.99 Å². The van der Waals surface area contributed by atoms with Crippen molar-refractivity contribution in [1.29, 1.82) is 0 Å². The van der Waals surface area contributed by atoms with E-state index in [-0.39, 0.29) is 11.2 Å². The molecule has 4 N–H and O–H groups in total. The number of alkyl halides is 3. The predicted molar refractivity (Wildman–Crippen MR) is 125 cm³/mol. The second-order valence-corrected chi connectivity index (χ2v) is 14.3. The Morgan fingerprint density at radius 3 is 2.12 bits per heavy atom. The van der Waals surface area contributed by atoms with E-state index in [0.717, 1.165) is 43.2 Å². The van der Waals surface area contributed by atoms with E-state index in [0.29, 0.717) is 17.4 Å². The Balaban J connectivity index is 1.39. The lowest BCUT2D eigenvalue weighted by Gasteiger charge is -2.57. The lowest BCUT2D eigenvalue weighted by atomic mass is 9.49. The third kappa shape index (κ3) is 4.37. The van der Waals surface area contributed by atoms with Crippen LogP contribution in [-0.2, 0) is 10.4 Å². The maximum absolute atomic E-state index is 13.8. The molecule has 0 aromatic heterocycles. The molecule has 1 unspecified atom stereocenters. The van der Waals surface area contributed by atoms with E-state index in [1.165, 1.54) is 19.3 Å². The Morgan fingerprint density at radius 1 is 1.09 bits per heavy atom. The van der Waals surface area contributed by atoms with E-state index in [1.54, 1.807) is 37.6 Å². The Morgan fingerprint density at radius 2 is 1.64 bits per heavy atom. The third-order valence-corrected chi connectivity index (χ3v) is 9.56. The van der Waals surface area contributed by atoms with Gasteiger partial charge in [0.05, 0.1) is 0 Å². The molecule has 180 valence electrons. The van der Waals surface area contributed by atoms with Crippen molar-refractivity contribution in [2.75, 3.05) is 19.9 Å². The van der Waals surface area contributed by atoms with Gasteiger partial charge in [-0.3, -0.25) is 5.73 Å². The van der Waals surface area contributed by atoms with Crippen molar-refractivity contribution in [2.24, 2.45) is 33.9 Å². The summed E-state index contributed by atoms with van der Waals surface area (Å²) >= 11 is 0. The second-order valence-electron chi connectivity index (χ2n) is 11.1. The average Bonchev–Trinajstić information content (AvgIpc) is 2.70. The summed E-state index contributed by atoms with van der Waals surface area (Å²) in [6.07, 6.45) is 3.41. The highest BCUT2D eigenvalue weighted by atomic mass is 31.2. The fraction of sp³-hybridized carbons (Fsp3) is 0.625. The van der Waals surface area contributed by atoms with Crippen LogP contribution >= 0.6 is 7.14 Å². The van der Waals surface area contributed by atoms with Crippen LogP contribution in [0.2, 0.25) is 0 Å². The molecule has 6 rings (SSSR count). The largest absolute Gasteiger partial charge is 0.421 e. The quantitative estimate of drug-likeness (QED) is 0.551. The summed E-state index contributed by atoms with van der Waals surface area (Å²) in [5.74, 6) is 0.500. The summed E-state index contributed by atoms with van der Waals surface area (Å²) in [5.41, 5.74) is 6.19. The summed E-state index contributed by atoms with van der Waals surface area (Å²) in [4.78, 5) is 4.05. The number of benzene rings is 1.